The van der Waals surface area contributed by atoms with E-state index in [-0.39, 0.29) is 27.5 Å². The number of hydrogen-bond donors (Lipinski definition) is 2. The molecule has 1 aromatic rings. The van der Waals surface area contributed by atoms with Gasteiger partial charge in [0.1, 0.15) is 10.6 Å². The van der Waals surface area contributed by atoms with Crippen LogP contribution in [0.1, 0.15) is 12.8 Å². The van der Waals surface area contributed by atoms with Gasteiger partial charge >= 0.3 is 0 Å². The quantitative estimate of drug-likeness (QED) is 0.831. The molecule has 0 spiro atoms. The Morgan fingerprint density at radius 1 is 1.40 bits per heavy atom. The van der Waals surface area contributed by atoms with E-state index in [0.717, 1.165) is 12.8 Å². The Labute approximate surface area is 128 Å². The number of nitrogens with two attached hydrogens (primary N) is 1. The smallest absolute Gasteiger partial charge is 0.242 e. The first kappa shape index (κ1) is 15.9. The number of methoxy groups -OCH3 is 1. The Morgan fingerprint density at radius 2 is 2.05 bits per heavy atom. The molecule has 0 radical (unpaired) electrons. The van der Waals surface area contributed by atoms with Crippen LogP contribution in [0.2, 0.25) is 10.0 Å². The summed E-state index contributed by atoms with van der Waals surface area (Å²) in [4.78, 5) is -0.0657. The summed E-state index contributed by atoms with van der Waals surface area (Å²) < 4.78 is 32.3. The maximum absolute atomic E-state index is 12.4. The number of ether oxygens (including phenoxy) is 1. The SMILES string of the molecule is COc1cc(Cl)c(S(=O)(=O)NC(CN)C2CC2)cc1Cl. The van der Waals surface area contributed by atoms with Crippen molar-refractivity contribution in [3.8, 4) is 5.75 Å². The van der Waals surface area contributed by atoms with Gasteiger partial charge in [-0.15, -0.1) is 0 Å². The second-order valence-corrected chi connectivity index (χ2v) is 7.21. The lowest BCUT2D eigenvalue weighted by atomic mass is 10.2. The lowest BCUT2D eigenvalue weighted by Crippen LogP contribution is -2.41. The van der Waals surface area contributed by atoms with Gasteiger partial charge in [-0.2, -0.15) is 0 Å². The molecule has 1 aromatic carbocycles. The van der Waals surface area contributed by atoms with Crippen molar-refractivity contribution in [3.05, 3.63) is 22.2 Å². The highest BCUT2D eigenvalue weighted by atomic mass is 35.5. The third kappa shape index (κ3) is 3.38. The van der Waals surface area contributed by atoms with Gasteiger partial charge in [-0.25, -0.2) is 13.1 Å². The van der Waals surface area contributed by atoms with Crippen LogP contribution >= 0.6 is 23.2 Å². The van der Waals surface area contributed by atoms with Crippen LogP contribution in [0.15, 0.2) is 17.0 Å². The second kappa shape index (κ2) is 6.07. The predicted octanol–water partition coefficient (Wildman–Crippen LogP) is 2.02. The average molecular weight is 339 g/mol. The molecule has 1 fully saturated rings. The van der Waals surface area contributed by atoms with Gasteiger partial charge in [0.2, 0.25) is 10.0 Å². The summed E-state index contributed by atoms with van der Waals surface area (Å²) in [6, 6.07) is 2.40. The van der Waals surface area contributed by atoms with Gasteiger partial charge in [-0.05, 0) is 24.8 Å². The van der Waals surface area contributed by atoms with Crippen LogP contribution in [-0.2, 0) is 10.0 Å². The van der Waals surface area contributed by atoms with E-state index in [1.165, 1.54) is 19.2 Å². The van der Waals surface area contributed by atoms with Gasteiger partial charge < -0.3 is 10.5 Å². The van der Waals surface area contributed by atoms with Crippen LogP contribution in [-0.4, -0.2) is 28.1 Å². The Bertz CT molecular complexity index is 603. The van der Waals surface area contributed by atoms with E-state index >= 15 is 0 Å². The predicted molar refractivity (Wildman–Crippen MR) is 78.9 cm³/mol. The van der Waals surface area contributed by atoms with E-state index in [1.807, 2.05) is 0 Å². The summed E-state index contributed by atoms with van der Waals surface area (Å²) >= 11 is 11.9. The van der Waals surface area contributed by atoms with E-state index in [4.69, 9.17) is 33.7 Å². The van der Waals surface area contributed by atoms with Crippen molar-refractivity contribution in [1.29, 1.82) is 0 Å². The van der Waals surface area contributed by atoms with E-state index in [2.05, 4.69) is 4.72 Å². The first-order valence-electron chi connectivity index (χ1n) is 6.14. The molecule has 1 aliphatic rings. The monoisotopic (exact) mass is 338 g/mol. The van der Waals surface area contributed by atoms with E-state index < -0.39 is 10.0 Å². The molecule has 1 aliphatic carbocycles. The highest BCUT2D eigenvalue weighted by Crippen LogP contribution is 2.35. The van der Waals surface area contributed by atoms with E-state index in [1.54, 1.807) is 0 Å². The molecular formula is C12H16Cl2N2O3S. The molecular weight excluding hydrogens is 323 g/mol. The Balaban J connectivity index is 2.31. The Hall–Kier alpha value is -0.530. The number of sulfonamides is 1. The molecule has 1 unspecified atom stereocenters. The standard InChI is InChI=1S/C12H16Cl2N2O3S/c1-19-11-4-9(14)12(5-8(11)13)20(17,18)16-10(6-15)7-2-3-7/h4-5,7,10,16H,2-3,6,15H2,1H3. The fourth-order valence-corrected chi connectivity index (χ4v) is 4.14. The van der Waals surface area contributed by atoms with Crippen LogP contribution in [0.5, 0.6) is 5.75 Å². The van der Waals surface area contributed by atoms with Crippen LogP contribution < -0.4 is 15.2 Å². The number of rotatable bonds is 6. The minimum atomic E-state index is -3.76. The van der Waals surface area contributed by atoms with Crippen molar-refractivity contribution < 1.29 is 13.2 Å². The van der Waals surface area contributed by atoms with E-state index in [9.17, 15) is 8.42 Å². The first-order chi connectivity index (χ1) is 9.39. The average Bonchev–Trinajstić information content (AvgIpc) is 3.22. The lowest BCUT2D eigenvalue weighted by molar-refractivity contribution is 0.414. The summed E-state index contributed by atoms with van der Waals surface area (Å²) in [5.74, 6) is 0.635. The third-order valence-electron chi connectivity index (χ3n) is 3.25. The van der Waals surface area contributed by atoms with Crippen molar-refractivity contribution in [2.45, 2.75) is 23.8 Å². The van der Waals surface area contributed by atoms with Gasteiger partial charge in [0.15, 0.2) is 0 Å². The molecule has 0 aliphatic heterocycles. The van der Waals surface area contributed by atoms with Crippen LogP contribution in [0.4, 0.5) is 0 Å². The maximum atomic E-state index is 12.4. The highest BCUT2D eigenvalue weighted by Gasteiger charge is 2.34. The molecule has 5 nitrogen and oxygen atoms in total. The molecule has 1 atom stereocenters. The molecule has 3 N–H and O–H groups in total. The van der Waals surface area contributed by atoms with Gasteiger partial charge in [-0.1, -0.05) is 23.2 Å². The minimum absolute atomic E-state index is 0.0605. The van der Waals surface area contributed by atoms with Gasteiger partial charge in [0.25, 0.3) is 0 Å². The van der Waals surface area contributed by atoms with Crippen LogP contribution in [0.3, 0.4) is 0 Å². The van der Waals surface area contributed by atoms with Crippen molar-refractivity contribution in [2.75, 3.05) is 13.7 Å². The van der Waals surface area contributed by atoms with Crippen molar-refractivity contribution in [1.82, 2.24) is 4.72 Å². The number of hydrogen-bond acceptors (Lipinski definition) is 4. The number of halogens is 2. The van der Waals surface area contributed by atoms with Gasteiger partial charge in [-0.3, -0.25) is 0 Å². The first-order valence-corrected chi connectivity index (χ1v) is 8.38. The van der Waals surface area contributed by atoms with E-state index in [0.29, 0.717) is 11.7 Å². The Morgan fingerprint density at radius 3 is 2.55 bits per heavy atom. The topological polar surface area (TPSA) is 81.4 Å². The molecule has 8 heteroatoms. The maximum Gasteiger partial charge on any atom is 0.242 e. The third-order valence-corrected chi connectivity index (χ3v) is 5.50. The molecule has 0 aromatic heterocycles. The molecule has 2 rings (SSSR count). The molecule has 0 heterocycles. The summed E-state index contributed by atoms with van der Waals surface area (Å²) in [6.45, 7) is 0.255. The van der Waals surface area contributed by atoms with Crippen molar-refractivity contribution in [2.24, 2.45) is 11.7 Å². The van der Waals surface area contributed by atoms with Crippen LogP contribution in [0, 0.1) is 5.92 Å². The number of benzene rings is 1. The zero-order valence-electron chi connectivity index (χ0n) is 10.9. The van der Waals surface area contributed by atoms with Gasteiger partial charge in [0, 0.05) is 18.7 Å². The summed E-state index contributed by atoms with van der Waals surface area (Å²) in [6.07, 6.45) is 1.98. The molecule has 20 heavy (non-hydrogen) atoms. The summed E-state index contributed by atoms with van der Waals surface area (Å²) in [7, 11) is -2.32. The zero-order valence-corrected chi connectivity index (χ0v) is 13.2. The fourth-order valence-electron chi connectivity index (χ4n) is 1.97. The summed E-state index contributed by atoms with van der Waals surface area (Å²) in [5.41, 5.74) is 5.61. The number of nitrogens with one attached hydrogen (secondary N) is 1. The minimum Gasteiger partial charge on any atom is -0.495 e. The summed E-state index contributed by atoms with van der Waals surface area (Å²) in [5, 5.41) is 0.248. The van der Waals surface area contributed by atoms with Crippen LogP contribution in [0.25, 0.3) is 0 Å². The fraction of sp³-hybridized carbons (Fsp3) is 0.500. The molecule has 112 valence electrons. The zero-order chi connectivity index (χ0) is 14.9. The molecule has 1 saturated carbocycles. The molecule has 0 bridgehead atoms. The lowest BCUT2D eigenvalue weighted by Gasteiger charge is -2.17. The van der Waals surface area contributed by atoms with Crippen molar-refractivity contribution in [3.63, 3.8) is 0 Å². The van der Waals surface area contributed by atoms with Crippen molar-refractivity contribution >= 4 is 33.2 Å². The molecule has 0 amide bonds. The Kier molecular flexibility index (Phi) is 4.81. The largest absolute Gasteiger partial charge is 0.495 e. The van der Waals surface area contributed by atoms with Gasteiger partial charge in [0.05, 0.1) is 17.2 Å². The highest BCUT2D eigenvalue weighted by molar-refractivity contribution is 7.89. The normalized spacial score (nSPS) is 17.0. The second-order valence-electron chi connectivity index (χ2n) is 4.72. The molecule has 0 saturated heterocycles.